The molecule has 0 spiro atoms. The van der Waals surface area contributed by atoms with Gasteiger partial charge in [0.25, 0.3) is 5.56 Å². The Labute approximate surface area is 147 Å². The predicted molar refractivity (Wildman–Crippen MR) is 93.0 cm³/mol. The lowest BCUT2D eigenvalue weighted by Crippen LogP contribution is -2.14. The van der Waals surface area contributed by atoms with Crippen LogP contribution in [0.5, 0.6) is 0 Å². The van der Waals surface area contributed by atoms with E-state index in [2.05, 4.69) is 9.97 Å². The monoisotopic (exact) mass is 351 g/mol. The first-order valence-corrected chi connectivity index (χ1v) is 7.98. The van der Waals surface area contributed by atoms with Gasteiger partial charge < -0.3 is 4.98 Å². The molecule has 1 aliphatic carbocycles. The number of hydrogen-bond acceptors (Lipinski definition) is 3. The van der Waals surface area contributed by atoms with Crippen molar-refractivity contribution in [2.24, 2.45) is 0 Å². The molecule has 4 rings (SSSR count). The molecule has 1 aliphatic rings. The lowest BCUT2D eigenvalue weighted by Gasteiger charge is -2.11. The molecule has 25 heavy (non-hydrogen) atoms. The molecule has 0 aliphatic heterocycles. The van der Waals surface area contributed by atoms with E-state index in [0.29, 0.717) is 23.2 Å². The van der Waals surface area contributed by atoms with Gasteiger partial charge in [-0.05, 0) is 47.9 Å². The zero-order valence-corrected chi connectivity index (χ0v) is 13.9. The molecule has 0 amide bonds. The Morgan fingerprint density at radius 1 is 1.36 bits per heavy atom. The largest absolute Gasteiger partial charge is 0.320 e. The van der Waals surface area contributed by atoms with Crippen LogP contribution >= 0.6 is 11.6 Å². The van der Waals surface area contributed by atoms with E-state index >= 15 is 0 Å². The number of aryl methyl sites for hydroxylation is 1. The maximum atomic E-state index is 13.8. The van der Waals surface area contributed by atoms with Gasteiger partial charge in [0.05, 0.1) is 10.7 Å². The number of benzene rings is 1. The molecule has 1 aromatic carbocycles. The van der Waals surface area contributed by atoms with Gasteiger partial charge in [-0.3, -0.25) is 9.78 Å². The van der Waals surface area contributed by atoms with E-state index in [1.54, 1.807) is 12.3 Å². The molecule has 0 radical (unpaired) electrons. The summed E-state index contributed by atoms with van der Waals surface area (Å²) in [6.45, 7) is 1.84. The van der Waals surface area contributed by atoms with Crippen molar-refractivity contribution < 1.29 is 4.39 Å². The summed E-state index contributed by atoms with van der Waals surface area (Å²) in [7, 11) is 0. The first kappa shape index (κ1) is 15.6. The molecule has 0 unspecified atom stereocenters. The Kier molecular flexibility index (Phi) is 3.45. The van der Waals surface area contributed by atoms with Gasteiger partial charge in [-0.2, -0.15) is 5.26 Å². The minimum absolute atomic E-state index is 0.00175. The van der Waals surface area contributed by atoms with Crippen molar-refractivity contribution in [2.45, 2.75) is 13.3 Å². The molecule has 0 bridgehead atoms. The van der Waals surface area contributed by atoms with Crippen LogP contribution < -0.4 is 5.56 Å². The number of hydrogen-bond donors (Lipinski definition) is 1. The van der Waals surface area contributed by atoms with Crippen LogP contribution in [0, 0.1) is 24.1 Å². The Hall–Kier alpha value is -2.97. The molecular weight excluding hydrogens is 341 g/mol. The lowest BCUT2D eigenvalue weighted by molar-refractivity contribution is 0.627. The number of nitriles is 1. The quantitative estimate of drug-likeness (QED) is 0.564. The second-order valence-electron chi connectivity index (χ2n) is 5.96. The van der Waals surface area contributed by atoms with E-state index in [1.165, 1.54) is 12.1 Å². The van der Waals surface area contributed by atoms with E-state index in [-0.39, 0.29) is 10.6 Å². The Morgan fingerprint density at radius 2 is 2.16 bits per heavy atom. The predicted octanol–water partition coefficient (Wildman–Crippen LogP) is 3.98. The molecule has 2 aromatic heterocycles. The van der Waals surface area contributed by atoms with Crippen LogP contribution in [-0.2, 0) is 6.42 Å². The highest BCUT2D eigenvalue weighted by Crippen LogP contribution is 2.42. The molecule has 0 atom stereocenters. The number of fused-ring (bicyclic) bond motifs is 3. The molecule has 2 heterocycles. The second kappa shape index (κ2) is 5.54. The van der Waals surface area contributed by atoms with Gasteiger partial charge in [0.15, 0.2) is 0 Å². The van der Waals surface area contributed by atoms with Crippen molar-refractivity contribution in [3.63, 3.8) is 0 Å². The highest BCUT2D eigenvalue weighted by Gasteiger charge is 2.27. The molecule has 122 valence electrons. The Bertz CT molecular complexity index is 1140. The van der Waals surface area contributed by atoms with Gasteiger partial charge in [-0.1, -0.05) is 11.6 Å². The van der Waals surface area contributed by atoms with Crippen LogP contribution in [0.1, 0.15) is 22.4 Å². The zero-order valence-electron chi connectivity index (χ0n) is 13.2. The van der Waals surface area contributed by atoms with Crippen molar-refractivity contribution in [3.05, 3.63) is 74.0 Å². The third-order valence-corrected chi connectivity index (χ3v) is 4.69. The molecular formula is C19H11ClFN3O. The second-order valence-corrected chi connectivity index (χ2v) is 6.36. The van der Waals surface area contributed by atoms with Crippen LogP contribution in [0.25, 0.3) is 22.4 Å². The van der Waals surface area contributed by atoms with E-state index in [1.807, 2.05) is 19.1 Å². The fourth-order valence-corrected chi connectivity index (χ4v) is 3.49. The summed E-state index contributed by atoms with van der Waals surface area (Å²) in [6.07, 6.45) is 2.05. The van der Waals surface area contributed by atoms with Gasteiger partial charge in [-0.25, -0.2) is 4.39 Å². The van der Waals surface area contributed by atoms with E-state index in [0.717, 1.165) is 22.4 Å². The summed E-state index contributed by atoms with van der Waals surface area (Å²) < 4.78 is 13.8. The molecule has 0 saturated heterocycles. The van der Waals surface area contributed by atoms with Gasteiger partial charge in [0, 0.05) is 29.4 Å². The number of H-pyrrole nitrogens is 1. The molecule has 1 N–H and O–H groups in total. The summed E-state index contributed by atoms with van der Waals surface area (Å²) in [5.41, 5.74) is 4.46. The first-order valence-electron chi connectivity index (χ1n) is 7.60. The summed E-state index contributed by atoms with van der Waals surface area (Å²) in [6, 6.07) is 8.48. The average molecular weight is 352 g/mol. The van der Waals surface area contributed by atoms with Crippen LogP contribution in [-0.4, -0.2) is 9.97 Å². The minimum atomic E-state index is -0.502. The third kappa shape index (κ3) is 2.34. The fraction of sp³-hybridized carbons (Fsp3) is 0.105. The normalized spacial score (nSPS) is 11.8. The summed E-state index contributed by atoms with van der Waals surface area (Å²) in [5, 5.41) is 9.50. The Morgan fingerprint density at radius 3 is 2.88 bits per heavy atom. The topological polar surface area (TPSA) is 69.5 Å². The molecule has 0 fully saturated rings. The van der Waals surface area contributed by atoms with Gasteiger partial charge in [0.2, 0.25) is 0 Å². The molecule has 6 heteroatoms. The standard InChI is InChI=1S/C19H11ClFN3O/c1-9-4-10(2-3-23-9)17-13-5-11-6-16(21)15(20)7-12(11)18(13)24-19(25)14(17)8-22/h2-4,6-7H,5H2,1H3,(H,24,25). The maximum absolute atomic E-state index is 13.8. The lowest BCUT2D eigenvalue weighted by atomic mass is 9.95. The SMILES string of the molecule is Cc1cc(-c2c3c([nH]c(=O)c2C#N)-c2cc(Cl)c(F)cc2C3)ccn1. The van der Waals surface area contributed by atoms with Crippen LogP contribution in [0.2, 0.25) is 5.02 Å². The first-order chi connectivity index (χ1) is 12.0. The van der Waals surface area contributed by atoms with Crippen molar-refractivity contribution >= 4 is 11.6 Å². The maximum Gasteiger partial charge on any atom is 0.266 e. The number of aromatic amines is 1. The van der Waals surface area contributed by atoms with Crippen molar-refractivity contribution in [2.75, 3.05) is 0 Å². The van der Waals surface area contributed by atoms with Crippen molar-refractivity contribution in [1.29, 1.82) is 5.26 Å². The van der Waals surface area contributed by atoms with Gasteiger partial charge in [-0.15, -0.1) is 0 Å². The van der Waals surface area contributed by atoms with E-state index in [9.17, 15) is 14.4 Å². The Balaban J connectivity index is 2.08. The number of nitrogens with one attached hydrogen (secondary N) is 1. The fourth-order valence-electron chi connectivity index (χ4n) is 3.33. The molecule has 4 nitrogen and oxygen atoms in total. The van der Waals surface area contributed by atoms with E-state index < -0.39 is 11.4 Å². The van der Waals surface area contributed by atoms with Crippen LogP contribution in [0.4, 0.5) is 4.39 Å². The van der Waals surface area contributed by atoms with Crippen molar-refractivity contribution in [3.8, 4) is 28.5 Å². The molecule has 3 aromatic rings. The summed E-state index contributed by atoms with van der Waals surface area (Å²) in [4.78, 5) is 19.4. The number of halogens is 2. The van der Waals surface area contributed by atoms with Gasteiger partial charge in [0.1, 0.15) is 17.4 Å². The number of pyridine rings is 2. The number of rotatable bonds is 1. The van der Waals surface area contributed by atoms with E-state index in [4.69, 9.17) is 11.6 Å². The number of nitrogens with zero attached hydrogens (tertiary/aromatic N) is 2. The zero-order chi connectivity index (χ0) is 17.7. The third-order valence-electron chi connectivity index (χ3n) is 4.40. The summed E-state index contributed by atoms with van der Waals surface area (Å²) >= 11 is 5.91. The van der Waals surface area contributed by atoms with Crippen LogP contribution in [0.3, 0.4) is 0 Å². The highest BCUT2D eigenvalue weighted by atomic mass is 35.5. The highest BCUT2D eigenvalue weighted by molar-refractivity contribution is 6.31. The average Bonchev–Trinajstić information content (AvgIpc) is 2.91. The number of aromatic nitrogens is 2. The minimum Gasteiger partial charge on any atom is -0.320 e. The van der Waals surface area contributed by atoms with Crippen LogP contribution in [0.15, 0.2) is 35.3 Å². The molecule has 0 saturated carbocycles. The van der Waals surface area contributed by atoms with Gasteiger partial charge >= 0.3 is 0 Å². The summed E-state index contributed by atoms with van der Waals surface area (Å²) in [5.74, 6) is -0.502. The van der Waals surface area contributed by atoms with Crippen molar-refractivity contribution in [1.82, 2.24) is 9.97 Å². The smallest absolute Gasteiger partial charge is 0.266 e.